The Morgan fingerprint density at radius 2 is 1.61 bits per heavy atom. The van der Waals surface area contributed by atoms with Crippen molar-refractivity contribution in [3.8, 4) is 0 Å². The Morgan fingerprint density at radius 3 is 2.43 bits per heavy atom. The van der Waals surface area contributed by atoms with E-state index in [1.165, 1.54) is 16.7 Å². The summed E-state index contributed by atoms with van der Waals surface area (Å²) in [6.07, 6.45) is 5.02. The van der Waals surface area contributed by atoms with Gasteiger partial charge in [-0.25, -0.2) is 4.98 Å². The average molecular weight is 756 g/mol. The highest BCUT2D eigenvalue weighted by Gasteiger charge is 2.34. The number of carbonyl (C=O) groups is 3. The Kier molecular flexibility index (Phi) is 14.0. The van der Waals surface area contributed by atoms with Gasteiger partial charge in [-0.3, -0.25) is 14.4 Å². The Balaban J connectivity index is 1.40. The molecule has 1 fully saturated rings. The van der Waals surface area contributed by atoms with Crippen molar-refractivity contribution in [3.05, 3.63) is 83.6 Å². The molecule has 0 bridgehead atoms. The van der Waals surface area contributed by atoms with Gasteiger partial charge in [0.05, 0.1) is 19.3 Å². The third-order valence-electron chi connectivity index (χ3n) is 10.2. The highest BCUT2D eigenvalue weighted by atomic mass is 32.2. The van der Waals surface area contributed by atoms with Gasteiger partial charge in [0.1, 0.15) is 22.9 Å². The zero-order valence-corrected chi connectivity index (χ0v) is 31.8. The van der Waals surface area contributed by atoms with E-state index >= 15 is 0 Å². The second kappa shape index (κ2) is 19.2. The summed E-state index contributed by atoms with van der Waals surface area (Å²) in [4.78, 5) is 56.1. The number of carbonyl (C=O) groups excluding carboxylic acids is 3. The van der Waals surface area contributed by atoms with Crippen molar-refractivity contribution in [2.24, 2.45) is 11.5 Å². The highest BCUT2D eigenvalue weighted by Crippen LogP contribution is 2.34. The predicted octanol–water partition coefficient (Wildman–Crippen LogP) is 3.06. The summed E-state index contributed by atoms with van der Waals surface area (Å²) in [6, 6.07) is 17.7. The van der Waals surface area contributed by atoms with Gasteiger partial charge in [-0.1, -0.05) is 54.2 Å². The Labute approximate surface area is 321 Å². The maximum atomic E-state index is 14.5. The van der Waals surface area contributed by atoms with Crippen molar-refractivity contribution < 1.29 is 19.1 Å². The van der Waals surface area contributed by atoms with Crippen LogP contribution in [0.4, 0.5) is 5.82 Å². The minimum absolute atomic E-state index is 0.211. The molecule has 2 aromatic carbocycles. The zero-order chi connectivity index (χ0) is 37.9. The summed E-state index contributed by atoms with van der Waals surface area (Å²) < 4.78 is 5.59. The van der Waals surface area contributed by atoms with Crippen LogP contribution in [0.2, 0.25) is 0 Å². The van der Waals surface area contributed by atoms with Crippen molar-refractivity contribution in [3.63, 3.8) is 0 Å². The molecule has 2 aromatic heterocycles. The lowest BCUT2D eigenvalue weighted by Crippen LogP contribution is -2.57. The number of rotatable bonds is 10. The standard InChI is InChI=1S/C40H53N9O4S/c1-48-34(23-29-26-43-31-11-4-3-10-30(29)31)38(51)45-25-28-15-16-36(49-19-21-53-22-20-49)47-39(28)54-35-14-5-2-9-27(35)24-44-32(13-8-18-42)37(50)46-33(40(48)52)12-6-7-17-41/h2-5,9-11,14-16,26,32-34,43-44H,6-8,12-13,17-25,41-42H2,1H3,(H,45,51)(H,46,50)/t32-,33-,34-/m0/s1. The summed E-state index contributed by atoms with van der Waals surface area (Å²) >= 11 is 1.54. The summed E-state index contributed by atoms with van der Waals surface area (Å²) in [5, 5.41) is 11.5. The normalized spacial score (nSPS) is 20.6. The van der Waals surface area contributed by atoms with E-state index in [0.29, 0.717) is 65.0 Å². The molecular formula is C40H53N9O4S. The molecular weight excluding hydrogens is 703 g/mol. The Hall–Kier alpha value is -4.47. The number of likely N-dealkylation sites (N-methyl/N-ethyl adjacent to an activating group) is 1. The van der Waals surface area contributed by atoms with E-state index < -0.39 is 18.1 Å². The van der Waals surface area contributed by atoms with Gasteiger partial charge in [0, 0.05) is 67.2 Å². The number of ether oxygens (including phenoxy) is 1. The summed E-state index contributed by atoms with van der Waals surface area (Å²) in [7, 11) is 1.65. The van der Waals surface area contributed by atoms with Crippen LogP contribution < -0.4 is 32.3 Å². The topological polar surface area (TPSA) is 184 Å². The maximum absolute atomic E-state index is 14.5. The number of benzene rings is 2. The first-order chi connectivity index (χ1) is 26.4. The van der Waals surface area contributed by atoms with Crippen molar-refractivity contribution in [1.29, 1.82) is 0 Å². The molecule has 2 aliphatic rings. The van der Waals surface area contributed by atoms with Crippen LogP contribution in [-0.2, 0) is 38.6 Å². The minimum atomic E-state index is -0.870. The molecule has 6 rings (SSSR count). The van der Waals surface area contributed by atoms with Crippen LogP contribution in [0.3, 0.4) is 0 Å². The van der Waals surface area contributed by atoms with E-state index in [0.717, 1.165) is 56.4 Å². The molecule has 0 saturated carbocycles. The zero-order valence-electron chi connectivity index (χ0n) is 31.0. The number of hydrogen-bond donors (Lipinski definition) is 6. The molecule has 54 heavy (non-hydrogen) atoms. The van der Waals surface area contributed by atoms with Gasteiger partial charge in [0.2, 0.25) is 17.7 Å². The number of nitrogens with two attached hydrogens (primary N) is 2. The van der Waals surface area contributed by atoms with Crippen LogP contribution >= 0.6 is 11.8 Å². The van der Waals surface area contributed by atoms with Gasteiger partial charge in [-0.15, -0.1) is 0 Å². The third kappa shape index (κ3) is 9.79. The predicted molar refractivity (Wildman–Crippen MR) is 212 cm³/mol. The van der Waals surface area contributed by atoms with Gasteiger partial charge in [-0.05, 0) is 74.5 Å². The van der Waals surface area contributed by atoms with Gasteiger partial charge in [0.15, 0.2) is 0 Å². The van der Waals surface area contributed by atoms with E-state index in [2.05, 4.69) is 31.9 Å². The molecule has 288 valence electrons. The fourth-order valence-electron chi connectivity index (χ4n) is 7.02. The van der Waals surface area contributed by atoms with E-state index in [4.69, 9.17) is 21.2 Å². The lowest BCUT2D eigenvalue weighted by Gasteiger charge is -2.32. The molecule has 0 spiro atoms. The number of aromatic nitrogens is 2. The van der Waals surface area contributed by atoms with E-state index in [-0.39, 0.29) is 30.7 Å². The fourth-order valence-corrected chi connectivity index (χ4v) is 8.06. The summed E-state index contributed by atoms with van der Waals surface area (Å²) in [5.41, 5.74) is 15.5. The molecule has 13 nitrogen and oxygen atoms in total. The summed E-state index contributed by atoms with van der Waals surface area (Å²) in [6.45, 7) is 4.27. The van der Waals surface area contributed by atoms with Crippen molar-refractivity contribution in [1.82, 2.24) is 30.8 Å². The van der Waals surface area contributed by atoms with E-state index in [9.17, 15) is 14.4 Å². The van der Waals surface area contributed by atoms with Crippen LogP contribution in [0.5, 0.6) is 0 Å². The first-order valence-corrected chi connectivity index (χ1v) is 19.8. The third-order valence-corrected chi connectivity index (χ3v) is 11.4. The van der Waals surface area contributed by atoms with Gasteiger partial charge in [-0.2, -0.15) is 0 Å². The van der Waals surface area contributed by atoms with Crippen molar-refractivity contribution >= 4 is 46.2 Å². The molecule has 3 amide bonds. The van der Waals surface area contributed by atoms with Gasteiger partial charge in [0.25, 0.3) is 0 Å². The first-order valence-electron chi connectivity index (χ1n) is 19.0. The van der Waals surface area contributed by atoms with Gasteiger partial charge < -0.3 is 46.9 Å². The maximum Gasteiger partial charge on any atom is 0.245 e. The quantitative estimate of drug-likeness (QED) is 0.132. The smallest absolute Gasteiger partial charge is 0.245 e. The average Bonchev–Trinajstić information content (AvgIpc) is 3.61. The number of morpholine rings is 1. The summed E-state index contributed by atoms with van der Waals surface area (Å²) in [5.74, 6) is -0.0692. The van der Waals surface area contributed by atoms with Crippen LogP contribution in [-0.4, -0.2) is 97.2 Å². The van der Waals surface area contributed by atoms with Crippen LogP contribution in [0.15, 0.2) is 76.8 Å². The SMILES string of the molecule is CN1C(=O)[C@H](CCCCN)NC(=O)[C@H](CCCN)NCc2ccccc2Sc2nc(N3CCOCC3)ccc2CNC(=O)[C@@H]1Cc1c[nH]c2ccccc12. The first kappa shape index (κ1) is 39.2. The highest BCUT2D eigenvalue weighted by molar-refractivity contribution is 7.99. The molecule has 0 unspecified atom stereocenters. The van der Waals surface area contributed by atoms with Crippen LogP contribution in [0.25, 0.3) is 10.9 Å². The number of hydrogen-bond acceptors (Lipinski definition) is 10. The monoisotopic (exact) mass is 755 g/mol. The molecule has 2 aliphatic heterocycles. The molecule has 3 atom stereocenters. The lowest BCUT2D eigenvalue weighted by molar-refractivity contribution is -0.142. The number of para-hydroxylation sites is 1. The number of amides is 3. The number of nitrogens with one attached hydrogen (secondary N) is 4. The number of H-pyrrole nitrogens is 1. The molecule has 0 radical (unpaired) electrons. The van der Waals surface area contributed by atoms with Gasteiger partial charge >= 0.3 is 0 Å². The second-order valence-corrected chi connectivity index (χ2v) is 14.9. The molecule has 4 heterocycles. The Morgan fingerprint density at radius 1 is 0.852 bits per heavy atom. The number of nitrogens with zero attached hydrogens (tertiary/aromatic N) is 3. The number of pyridine rings is 1. The second-order valence-electron chi connectivity index (χ2n) is 13.9. The number of aromatic amines is 1. The molecule has 4 aromatic rings. The molecule has 14 heteroatoms. The molecule has 0 aliphatic carbocycles. The Bertz CT molecular complexity index is 1880. The molecule has 1 saturated heterocycles. The number of unbranched alkanes of at least 4 members (excludes halogenated alkanes) is 1. The lowest BCUT2D eigenvalue weighted by atomic mass is 10.0. The van der Waals surface area contributed by atoms with E-state index in [1.807, 2.05) is 60.8 Å². The van der Waals surface area contributed by atoms with Crippen molar-refractivity contribution in [2.75, 3.05) is 51.3 Å². The van der Waals surface area contributed by atoms with Crippen molar-refractivity contribution in [2.45, 2.75) is 79.7 Å². The van der Waals surface area contributed by atoms with Crippen LogP contribution in [0, 0.1) is 0 Å². The fraction of sp³-hybridized carbons (Fsp3) is 0.450. The number of fused-ring (bicyclic) bond motifs is 3. The van der Waals surface area contributed by atoms with E-state index in [1.54, 1.807) is 7.05 Å². The molecule has 8 N–H and O–H groups in total. The van der Waals surface area contributed by atoms with Crippen LogP contribution in [0.1, 0.15) is 48.8 Å². The largest absolute Gasteiger partial charge is 0.378 e. The number of anilines is 1. The minimum Gasteiger partial charge on any atom is -0.378 e.